The summed E-state index contributed by atoms with van der Waals surface area (Å²) >= 11 is 1.65. The summed E-state index contributed by atoms with van der Waals surface area (Å²) in [4.78, 5) is 42.4. The number of likely N-dealkylation sites (tertiary alicyclic amines) is 1. The second-order valence-corrected chi connectivity index (χ2v) is 12.1. The highest BCUT2D eigenvalue weighted by molar-refractivity contribution is 8.02. The summed E-state index contributed by atoms with van der Waals surface area (Å²) in [6.45, 7) is 7.88. The number of thioether (sulfide) groups is 1. The Balaban J connectivity index is 1.65. The minimum Gasteiger partial charge on any atom is -0.394 e. The molecule has 1 aromatic rings. The van der Waals surface area contributed by atoms with E-state index in [9.17, 15) is 19.5 Å². The summed E-state index contributed by atoms with van der Waals surface area (Å²) < 4.78 is -0.631. The molecule has 0 saturated carbocycles. The van der Waals surface area contributed by atoms with E-state index in [2.05, 4.69) is 10.6 Å². The number of benzene rings is 1. The van der Waals surface area contributed by atoms with Crippen LogP contribution in [-0.2, 0) is 20.9 Å². The largest absolute Gasteiger partial charge is 0.394 e. The molecule has 7 nitrogen and oxygen atoms in total. The van der Waals surface area contributed by atoms with Crippen molar-refractivity contribution in [1.82, 2.24) is 15.5 Å². The van der Waals surface area contributed by atoms with Gasteiger partial charge in [-0.3, -0.25) is 14.4 Å². The van der Waals surface area contributed by atoms with Gasteiger partial charge in [0.15, 0.2) is 0 Å². The van der Waals surface area contributed by atoms with E-state index in [-0.39, 0.29) is 29.6 Å². The van der Waals surface area contributed by atoms with Gasteiger partial charge in [0, 0.05) is 17.3 Å². The molecule has 3 aliphatic heterocycles. The van der Waals surface area contributed by atoms with Gasteiger partial charge in [0.25, 0.3) is 0 Å². The first kappa shape index (κ1) is 24.1. The first-order chi connectivity index (χ1) is 15.6. The number of rotatable bonds is 7. The van der Waals surface area contributed by atoms with Crippen molar-refractivity contribution >= 4 is 29.5 Å². The lowest BCUT2D eigenvalue weighted by Crippen LogP contribution is -2.59. The van der Waals surface area contributed by atoms with E-state index >= 15 is 0 Å². The number of carbonyl (C=O) groups is 3. The van der Waals surface area contributed by atoms with Crippen molar-refractivity contribution in [3.63, 3.8) is 0 Å². The maximum absolute atomic E-state index is 13.8. The van der Waals surface area contributed by atoms with E-state index in [1.807, 2.05) is 58.0 Å². The number of carbonyl (C=O) groups excluding carboxylic acids is 3. The minimum atomic E-state index is -0.687. The highest BCUT2D eigenvalue weighted by Gasteiger charge is 2.74. The van der Waals surface area contributed by atoms with E-state index in [1.165, 1.54) is 0 Å². The molecule has 3 heterocycles. The van der Waals surface area contributed by atoms with Crippen LogP contribution in [0.25, 0.3) is 0 Å². The monoisotopic (exact) mass is 473 g/mol. The molecule has 3 fully saturated rings. The van der Waals surface area contributed by atoms with Crippen LogP contribution in [0.3, 0.4) is 0 Å². The highest BCUT2D eigenvalue weighted by Crippen LogP contribution is 2.66. The number of hydrogen-bond acceptors (Lipinski definition) is 5. The standard InChI is InChI=1S/C25H35N3O4S/c1-5-16(14-29)28-20(22(31)27-24(2,3)4)25-12-11-17(33-25)18(19(25)23(28)32)21(30)26-13-15-9-7-6-8-10-15/h6-10,16-20,29H,5,11-14H2,1-4H3,(H,26,30)(H,27,31)/t16-,17+,18-,19-,20?,25?/m0/s1. The fraction of sp³-hybridized carbons (Fsp3) is 0.640. The Hall–Kier alpha value is -2.06. The molecular weight excluding hydrogens is 438 g/mol. The fourth-order valence-corrected chi connectivity index (χ4v) is 8.04. The van der Waals surface area contributed by atoms with Gasteiger partial charge in [-0.05, 0) is 45.6 Å². The normalized spacial score (nSPS) is 31.4. The van der Waals surface area contributed by atoms with Gasteiger partial charge in [0.2, 0.25) is 17.7 Å². The Labute approximate surface area is 200 Å². The maximum Gasteiger partial charge on any atom is 0.244 e. The number of aliphatic hydroxyl groups excluding tert-OH is 1. The zero-order valence-electron chi connectivity index (χ0n) is 19.8. The van der Waals surface area contributed by atoms with Gasteiger partial charge in [-0.25, -0.2) is 0 Å². The molecule has 3 amide bonds. The number of fused-ring (bicyclic) bond motifs is 1. The number of amides is 3. The average molecular weight is 474 g/mol. The van der Waals surface area contributed by atoms with Gasteiger partial charge in [0.1, 0.15) is 6.04 Å². The molecule has 6 atom stereocenters. The summed E-state index contributed by atoms with van der Waals surface area (Å²) in [7, 11) is 0. The first-order valence-corrected chi connectivity index (χ1v) is 12.8. The molecule has 33 heavy (non-hydrogen) atoms. The average Bonchev–Trinajstić information content (AvgIpc) is 3.40. The van der Waals surface area contributed by atoms with Gasteiger partial charge < -0.3 is 20.6 Å². The van der Waals surface area contributed by atoms with Gasteiger partial charge in [-0.2, -0.15) is 0 Å². The molecule has 0 aliphatic carbocycles. The summed E-state index contributed by atoms with van der Waals surface area (Å²) in [5.74, 6) is -1.49. The van der Waals surface area contributed by atoms with Crippen molar-refractivity contribution in [2.45, 2.75) is 81.1 Å². The van der Waals surface area contributed by atoms with Crippen LogP contribution in [0.2, 0.25) is 0 Å². The van der Waals surface area contributed by atoms with Crippen molar-refractivity contribution in [1.29, 1.82) is 0 Å². The topological polar surface area (TPSA) is 98.7 Å². The van der Waals surface area contributed by atoms with E-state index < -0.39 is 34.2 Å². The van der Waals surface area contributed by atoms with E-state index in [0.29, 0.717) is 13.0 Å². The maximum atomic E-state index is 13.8. The van der Waals surface area contributed by atoms with Crippen molar-refractivity contribution < 1.29 is 19.5 Å². The minimum absolute atomic E-state index is 0.0241. The molecule has 3 aliphatic rings. The molecule has 4 rings (SSSR count). The quantitative estimate of drug-likeness (QED) is 0.563. The SMILES string of the molecule is CC[C@@H](CO)N1C(=O)[C@@H]2[C@@H](C(=O)NCc3ccccc3)[C@H]3CCC2(S3)C1C(=O)NC(C)(C)C. The number of hydrogen-bond donors (Lipinski definition) is 3. The molecule has 180 valence electrons. The van der Waals surface area contributed by atoms with Crippen LogP contribution in [0.1, 0.15) is 52.5 Å². The third kappa shape index (κ3) is 4.16. The van der Waals surface area contributed by atoms with Gasteiger partial charge in [0.05, 0.1) is 29.2 Å². The van der Waals surface area contributed by atoms with Crippen molar-refractivity contribution in [3.05, 3.63) is 35.9 Å². The molecule has 3 N–H and O–H groups in total. The van der Waals surface area contributed by atoms with E-state index in [1.54, 1.807) is 16.7 Å². The van der Waals surface area contributed by atoms with Crippen molar-refractivity contribution in [2.75, 3.05) is 6.61 Å². The number of nitrogens with zero attached hydrogens (tertiary/aromatic N) is 1. The van der Waals surface area contributed by atoms with Crippen molar-refractivity contribution in [3.8, 4) is 0 Å². The fourth-order valence-electron chi connectivity index (χ4n) is 5.84. The third-order valence-corrected chi connectivity index (χ3v) is 9.12. The van der Waals surface area contributed by atoms with Crippen LogP contribution in [0.5, 0.6) is 0 Å². The summed E-state index contributed by atoms with van der Waals surface area (Å²) in [6, 6.07) is 8.58. The van der Waals surface area contributed by atoms with E-state index in [4.69, 9.17) is 0 Å². The van der Waals surface area contributed by atoms with Gasteiger partial charge >= 0.3 is 0 Å². The number of aliphatic hydroxyl groups is 1. The first-order valence-electron chi connectivity index (χ1n) is 11.9. The molecule has 2 unspecified atom stereocenters. The lowest BCUT2D eigenvalue weighted by atomic mass is 9.70. The van der Waals surface area contributed by atoms with Gasteiger partial charge in [-0.1, -0.05) is 37.3 Å². The van der Waals surface area contributed by atoms with E-state index in [0.717, 1.165) is 18.4 Å². The molecule has 8 heteroatoms. The third-order valence-electron chi connectivity index (χ3n) is 7.17. The predicted octanol–water partition coefficient (Wildman–Crippen LogP) is 2.08. The molecule has 1 aromatic carbocycles. The zero-order chi connectivity index (χ0) is 24.0. The molecular formula is C25H35N3O4S. The Kier molecular flexibility index (Phi) is 6.53. The van der Waals surface area contributed by atoms with Crippen molar-refractivity contribution in [2.24, 2.45) is 11.8 Å². The Morgan fingerprint density at radius 3 is 2.55 bits per heavy atom. The zero-order valence-corrected chi connectivity index (χ0v) is 20.7. The molecule has 1 spiro atoms. The summed E-state index contributed by atoms with van der Waals surface area (Å²) in [6.07, 6.45) is 2.08. The highest BCUT2D eigenvalue weighted by atomic mass is 32.2. The lowest BCUT2D eigenvalue weighted by Gasteiger charge is -2.38. The van der Waals surface area contributed by atoms with Gasteiger partial charge in [-0.15, -0.1) is 11.8 Å². The molecule has 0 radical (unpaired) electrons. The summed E-state index contributed by atoms with van der Waals surface area (Å²) in [5, 5.41) is 16.2. The van der Waals surface area contributed by atoms with Crippen LogP contribution >= 0.6 is 11.8 Å². The lowest BCUT2D eigenvalue weighted by molar-refractivity contribution is -0.143. The Morgan fingerprint density at radius 2 is 1.94 bits per heavy atom. The summed E-state index contributed by atoms with van der Waals surface area (Å²) in [5.41, 5.74) is 0.555. The van der Waals surface area contributed by atoms with Crippen LogP contribution in [0.15, 0.2) is 30.3 Å². The Bertz CT molecular complexity index is 914. The molecule has 0 aromatic heterocycles. The van der Waals surface area contributed by atoms with Crippen LogP contribution < -0.4 is 10.6 Å². The number of nitrogens with one attached hydrogen (secondary N) is 2. The molecule has 2 bridgehead atoms. The second kappa shape index (κ2) is 8.95. The smallest absolute Gasteiger partial charge is 0.244 e. The second-order valence-electron chi connectivity index (χ2n) is 10.5. The Morgan fingerprint density at radius 1 is 1.24 bits per heavy atom. The predicted molar refractivity (Wildman–Crippen MR) is 128 cm³/mol. The van der Waals surface area contributed by atoms with Crippen LogP contribution in [-0.4, -0.2) is 62.0 Å². The van der Waals surface area contributed by atoms with Crippen LogP contribution in [0.4, 0.5) is 0 Å². The van der Waals surface area contributed by atoms with Crippen LogP contribution in [0, 0.1) is 11.8 Å². The molecule has 3 saturated heterocycles.